The second kappa shape index (κ2) is 7.36. The molecule has 0 spiro atoms. The van der Waals surface area contributed by atoms with Gasteiger partial charge in [-0.15, -0.1) is 0 Å². The second-order valence-corrected chi connectivity index (χ2v) is 6.07. The van der Waals surface area contributed by atoms with Crippen molar-refractivity contribution in [1.29, 1.82) is 0 Å². The van der Waals surface area contributed by atoms with Crippen LogP contribution in [0.5, 0.6) is 0 Å². The van der Waals surface area contributed by atoms with Crippen molar-refractivity contribution in [2.75, 3.05) is 0 Å². The molecule has 0 fully saturated rings. The quantitative estimate of drug-likeness (QED) is 0.497. The molecule has 0 bridgehead atoms. The molecule has 0 aliphatic carbocycles. The molecule has 3 rings (SSSR count). The molecule has 0 aliphatic heterocycles. The summed E-state index contributed by atoms with van der Waals surface area (Å²) in [7, 11) is 0. The van der Waals surface area contributed by atoms with Gasteiger partial charge in [0.1, 0.15) is 5.82 Å². The fraction of sp³-hybridized carbons (Fsp3) is 0.286. The molecule has 1 nitrogen and oxygen atoms in total. The minimum atomic E-state index is -0.218. The Morgan fingerprint density at radius 1 is 0.913 bits per heavy atom. The van der Waals surface area contributed by atoms with Crippen LogP contribution in [0.4, 0.5) is 4.39 Å². The van der Waals surface area contributed by atoms with Crippen LogP contribution in [0.25, 0.3) is 22.0 Å². The number of pyridine rings is 1. The average Bonchev–Trinajstić information content (AvgIpc) is 2.58. The maximum absolute atomic E-state index is 13.4. The SMILES string of the molecule is CCCCCCc1ccc2cc(-c3cccc(F)c3)cnc2c1. The zero-order valence-electron chi connectivity index (χ0n) is 13.6. The number of halogens is 1. The predicted molar refractivity (Wildman–Crippen MR) is 95.0 cm³/mol. The Bertz CT molecular complexity index is 795. The summed E-state index contributed by atoms with van der Waals surface area (Å²) < 4.78 is 13.4. The first-order chi connectivity index (χ1) is 11.3. The average molecular weight is 307 g/mol. The molecule has 2 heteroatoms. The van der Waals surface area contributed by atoms with Crippen molar-refractivity contribution in [2.45, 2.75) is 39.0 Å². The lowest BCUT2D eigenvalue weighted by molar-refractivity contribution is 0.628. The molecule has 0 radical (unpaired) electrons. The van der Waals surface area contributed by atoms with Gasteiger partial charge in [0.05, 0.1) is 5.52 Å². The molecule has 0 aliphatic rings. The molecule has 0 N–H and O–H groups in total. The van der Waals surface area contributed by atoms with Gasteiger partial charge in [-0.3, -0.25) is 4.98 Å². The number of nitrogens with zero attached hydrogens (tertiary/aromatic N) is 1. The standard InChI is InChI=1S/C21H22FN/c1-2-3-4-5-7-16-10-11-18-13-19(15-23-21(18)12-16)17-8-6-9-20(22)14-17/h6,8-15H,2-5,7H2,1H3. The third-order valence-electron chi connectivity index (χ3n) is 4.23. The van der Waals surface area contributed by atoms with Gasteiger partial charge in [-0.2, -0.15) is 0 Å². The highest BCUT2D eigenvalue weighted by molar-refractivity contribution is 5.84. The lowest BCUT2D eigenvalue weighted by Gasteiger charge is -2.06. The molecule has 0 amide bonds. The number of hydrogen-bond donors (Lipinski definition) is 0. The van der Waals surface area contributed by atoms with Gasteiger partial charge in [0.25, 0.3) is 0 Å². The van der Waals surface area contributed by atoms with Gasteiger partial charge >= 0.3 is 0 Å². The van der Waals surface area contributed by atoms with Crippen molar-refractivity contribution in [1.82, 2.24) is 4.98 Å². The maximum Gasteiger partial charge on any atom is 0.123 e. The monoisotopic (exact) mass is 307 g/mol. The Labute approximate surface area is 137 Å². The van der Waals surface area contributed by atoms with Crippen molar-refractivity contribution in [3.05, 3.63) is 66.1 Å². The fourth-order valence-corrected chi connectivity index (χ4v) is 2.90. The normalized spacial score (nSPS) is 11.0. The predicted octanol–water partition coefficient (Wildman–Crippen LogP) is 6.16. The largest absolute Gasteiger partial charge is 0.256 e. The molecular weight excluding hydrogens is 285 g/mol. The van der Waals surface area contributed by atoms with Gasteiger partial charge in [0.15, 0.2) is 0 Å². The number of hydrogen-bond acceptors (Lipinski definition) is 1. The molecular formula is C21H22FN. The Balaban J connectivity index is 1.81. The van der Waals surface area contributed by atoms with Gasteiger partial charge in [-0.1, -0.05) is 50.5 Å². The van der Waals surface area contributed by atoms with Crippen LogP contribution < -0.4 is 0 Å². The van der Waals surface area contributed by atoms with Crippen molar-refractivity contribution < 1.29 is 4.39 Å². The summed E-state index contributed by atoms with van der Waals surface area (Å²) >= 11 is 0. The van der Waals surface area contributed by atoms with Crippen molar-refractivity contribution >= 4 is 10.9 Å². The number of fused-ring (bicyclic) bond motifs is 1. The third kappa shape index (κ3) is 3.95. The van der Waals surface area contributed by atoms with E-state index in [4.69, 9.17) is 0 Å². The van der Waals surface area contributed by atoms with Crippen LogP contribution in [0, 0.1) is 5.82 Å². The van der Waals surface area contributed by atoms with E-state index < -0.39 is 0 Å². The van der Waals surface area contributed by atoms with E-state index >= 15 is 0 Å². The highest BCUT2D eigenvalue weighted by Gasteiger charge is 2.03. The summed E-state index contributed by atoms with van der Waals surface area (Å²) in [4.78, 5) is 4.57. The first-order valence-electron chi connectivity index (χ1n) is 8.41. The lowest BCUT2D eigenvalue weighted by atomic mass is 10.0. The Morgan fingerprint density at radius 3 is 2.65 bits per heavy atom. The molecule has 3 aromatic rings. The zero-order valence-corrected chi connectivity index (χ0v) is 13.6. The molecule has 0 unspecified atom stereocenters. The second-order valence-electron chi connectivity index (χ2n) is 6.07. The summed E-state index contributed by atoms with van der Waals surface area (Å²) in [6.07, 6.45) is 8.05. The number of unbranched alkanes of at least 4 members (excludes halogenated alkanes) is 3. The van der Waals surface area contributed by atoms with E-state index in [1.54, 1.807) is 12.1 Å². The fourth-order valence-electron chi connectivity index (χ4n) is 2.90. The van der Waals surface area contributed by atoms with E-state index in [1.165, 1.54) is 37.3 Å². The highest BCUT2D eigenvalue weighted by atomic mass is 19.1. The number of rotatable bonds is 6. The summed E-state index contributed by atoms with van der Waals surface area (Å²) in [6.45, 7) is 2.23. The Kier molecular flexibility index (Phi) is 5.02. The number of benzene rings is 2. The van der Waals surface area contributed by atoms with Crippen LogP contribution in [-0.2, 0) is 6.42 Å². The molecule has 2 aromatic carbocycles. The molecule has 118 valence electrons. The van der Waals surface area contributed by atoms with E-state index in [0.717, 1.165) is 28.5 Å². The minimum Gasteiger partial charge on any atom is -0.256 e. The Morgan fingerprint density at radius 2 is 1.83 bits per heavy atom. The first-order valence-corrected chi connectivity index (χ1v) is 8.41. The van der Waals surface area contributed by atoms with E-state index in [-0.39, 0.29) is 5.82 Å². The summed E-state index contributed by atoms with van der Waals surface area (Å²) in [6, 6.07) is 15.2. The van der Waals surface area contributed by atoms with Crippen LogP contribution in [0.2, 0.25) is 0 Å². The first kappa shape index (κ1) is 15.7. The summed E-state index contributed by atoms with van der Waals surface area (Å²) in [5.41, 5.74) is 4.17. The van der Waals surface area contributed by atoms with Crippen LogP contribution in [0.15, 0.2) is 54.7 Å². The van der Waals surface area contributed by atoms with E-state index in [2.05, 4.69) is 36.2 Å². The van der Waals surface area contributed by atoms with Crippen LogP contribution >= 0.6 is 0 Å². The molecule has 0 saturated heterocycles. The van der Waals surface area contributed by atoms with Gasteiger partial charge in [-0.05, 0) is 48.2 Å². The number of aromatic nitrogens is 1. The Hall–Kier alpha value is -2.22. The molecule has 0 atom stereocenters. The molecule has 23 heavy (non-hydrogen) atoms. The van der Waals surface area contributed by atoms with Crippen LogP contribution in [-0.4, -0.2) is 4.98 Å². The lowest BCUT2D eigenvalue weighted by Crippen LogP contribution is -1.89. The van der Waals surface area contributed by atoms with Gasteiger partial charge in [0.2, 0.25) is 0 Å². The highest BCUT2D eigenvalue weighted by Crippen LogP contribution is 2.24. The van der Waals surface area contributed by atoms with E-state index in [9.17, 15) is 4.39 Å². The zero-order chi connectivity index (χ0) is 16.1. The molecule has 1 aromatic heterocycles. The van der Waals surface area contributed by atoms with Crippen molar-refractivity contribution in [3.63, 3.8) is 0 Å². The number of aryl methyl sites for hydroxylation is 1. The molecule has 1 heterocycles. The van der Waals surface area contributed by atoms with E-state index in [1.807, 2.05) is 12.3 Å². The van der Waals surface area contributed by atoms with Crippen molar-refractivity contribution in [2.24, 2.45) is 0 Å². The van der Waals surface area contributed by atoms with Crippen LogP contribution in [0.3, 0.4) is 0 Å². The maximum atomic E-state index is 13.4. The topological polar surface area (TPSA) is 12.9 Å². The van der Waals surface area contributed by atoms with E-state index in [0.29, 0.717) is 0 Å². The minimum absolute atomic E-state index is 0.218. The van der Waals surface area contributed by atoms with Gasteiger partial charge < -0.3 is 0 Å². The summed E-state index contributed by atoms with van der Waals surface area (Å²) in [5, 5.41) is 1.10. The molecule has 0 saturated carbocycles. The third-order valence-corrected chi connectivity index (χ3v) is 4.23. The van der Waals surface area contributed by atoms with Crippen molar-refractivity contribution in [3.8, 4) is 11.1 Å². The smallest absolute Gasteiger partial charge is 0.123 e. The van der Waals surface area contributed by atoms with Gasteiger partial charge in [0, 0.05) is 17.1 Å². The van der Waals surface area contributed by atoms with Crippen LogP contribution in [0.1, 0.15) is 38.2 Å². The van der Waals surface area contributed by atoms with Gasteiger partial charge in [-0.25, -0.2) is 4.39 Å². The summed E-state index contributed by atoms with van der Waals surface area (Å²) in [5.74, 6) is -0.218.